The number of aromatic nitrogens is 2. The van der Waals surface area contributed by atoms with E-state index in [0.29, 0.717) is 0 Å². The third-order valence-corrected chi connectivity index (χ3v) is 2.46. The number of hydrogen-bond donors (Lipinski definition) is 1. The molecule has 0 spiro atoms. The first-order valence-electron chi connectivity index (χ1n) is 4.80. The normalized spacial score (nSPS) is 10.2. The molecule has 0 radical (unpaired) electrons. The Morgan fingerprint density at radius 2 is 2.00 bits per heavy atom. The Morgan fingerprint density at radius 1 is 1.22 bits per heavy atom. The summed E-state index contributed by atoms with van der Waals surface area (Å²) in [6.07, 6.45) is 2.43. The topological polar surface area (TPSA) is 54.9 Å². The van der Waals surface area contributed by atoms with Crippen molar-refractivity contribution in [2.75, 3.05) is 5.32 Å². The van der Waals surface area contributed by atoms with Gasteiger partial charge >= 0.3 is 0 Å². The zero-order valence-electron chi connectivity index (χ0n) is 8.82. The van der Waals surface area contributed by atoms with Gasteiger partial charge in [-0.1, -0.05) is 23.2 Å². The molecule has 1 aromatic carbocycles. The van der Waals surface area contributed by atoms with Crippen molar-refractivity contribution in [1.29, 1.82) is 0 Å². The van der Waals surface area contributed by atoms with Crippen molar-refractivity contribution in [1.82, 2.24) is 9.97 Å². The molecule has 0 unspecified atom stereocenters. The monoisotopic (exact) mass is 285 g/mol. The Kier molecular flexibility index (Phi) is 3.74. The molecule has 4 nitrogen and oxygen atoms in total. The van der Waals surface area contributed by atoms with E-state index in [-0.39, 0.29) is 21.6 Å². The van der Waals surface area contributed by atoms with Crippen LogP contribution >= 0.6 is 23.2 Å². The van der Waals surface area contributed by atoms with Crippen LogP contribution in [0.5, 0.6) is 0 Å². The molecular weight excluding hydrogens is 280 g/mol. The van der Waals surface area contributed by atoms with Gasteiger partial charge in [0.25, 0.3) is 5.91 Å². The minimum atomic E-state index is -0.627. The fourth-order valence-corrected chi connectivity index (χ4v) is 1.46. The molecule has 1 amide bonds. The smallest absolute Gasteiger partial charge is 0.275 e. The minimum absolute atomic E-state index is 0.0150. The van der Waals surface area contributed by atoms with Crippen LogP contribution in [0, 0.1) is 5.82 Å². The molecule has 0 aliphatic heterocycles. The quantitative estimate of drug-likeness (QED) is 0.922. The van der Waals surface area contributed by atoms with Crippen LogP contribution in [-0.4, -0.2) is 15.9 Å². The highest BCUT2D eigenvalue weighted by Crippen LogP contribution is 2.19. The van der Waals surface area contributed by atoms with Crippen LogP contribution in [0.2, 0.25) is 10.2 Å². The van der Waals surface area contributed by atoms with E-state index in [1.54, 1.807) is 0 Å². The molecule has 7 heteroatoms. The average Bonchev–Trinajstić information content (AvgIpc) is 2.33. The second-order valence-corrected chi connectivity index (χ2v) is 4.13. The van der Waals surface area contributed by atoms with Crippen molar-refractivity contribution < 1.29 is 9.18 Å². The Morgan fingerprint density at radius 3 is 2.61 bits per heavy atom. The van der Waals surface area contributed by atoms with Crippen LogP contribution in [0.3, 0.4) is 0 Å². The molecule has 92 valence electrons. The van der Waals surface area contributed by atoms with Gasteiger partial charge in [0.05, 0.1) is 18.1 Å². The number of nitrogens with zero attached hydrogens (tertiary/aromatic N) is 2. The standard InChI is InChI=1S/C11H6Cl2FN3O/c12-6-1-2-8(7(14)3-6)17-11(18)9-4-16-10(13)5-15-9/h1-5H,(H,17,18). The van der Waals surface area contributed by atoms with Gasteiger partial charge in [0.1, 0.15) is 16.7 Å². The summed E-state index contributed by atoms with van der Waals surface area (Å²) in [5, 5.41) is 2.77. The van der Waals surface area contributed by atoms with Gasteiger partial charge in [-0.25, -0.2) is 14.4 Å². The van der Waals surface area contributed by atoms with Gasteiger partial charge < -0.3 is 5.32 Å². The van der Waals surface area contributed by atoms with E-state index < -0.39 is 11.7 Å². The second-order valence-electron chi connectivity index (χ2n) is 3.30. The van der Waals surface area contributed by atoms with Gasteiger partial charge in [-0.2, -0.15) is 0 Å². The van der Waals surface area contributed by atoms with Gasteiger partial charge in [-0.3, -0.25) is 4.79 Å². The number of carbonyl (C=O) groups is 1. The summed E-state index contributed by atoms with van der Waals surface area (Å²) < 4.78 is 13.4. The van der Waals surface area contributed by atoms with E-state index in [2.05, 4.69) is 15.3 Å². The van der Waals surface area contributed by atoms with Crippen molar-refractivity contribution in [3.05, 3.63) is 52.3 Å². The molecule has 2 aromatic rings. The Balaban J connectivity index is 2.18. The number of benzene rings is 1. The van der Waals surface area contributed by atoms with E-state index >= 15 is 0 Å². The molecule has 0 saturated heterocycles. The molecule has 1 heterocycles. The Hall–Kier alpha value is -1.72. The van der Waals surface area contributed by atoms with E-state index in [1.165, 1.54) is 24.5 Å². The lowest BCUT2D eigenvalue weighted by Crippen LogP contribution is -2.14. The van der Waals surface area contributed by atoms with E-state index in [0.717, 1.165) is 6.07 Å². The zero-order valence-corrected chi connectivity index (χ0v) is 10.3. The fourth-order valence-electron chi connectivity index (χ4n) is 1.21. The highest BCUT2D eigenvalue weighted by atomic mass is 35.5. The number of anilines is 1. The summed E-state index contributed by atoms with van der Waals surface area (Å²) in [6, 6.07) is 3.93. The molecular formula is C11H6Cl2FN3O. The van der Waals surface area contributed by atoms with E-state index in [1.807, 2.05) is 0 Å². The maximum Gasteiger partial charge on any atom is 0.275 e. The number of rotatable bonds is 2. The van der Waals surface area contributed by atoms with Crippen molar-refractivity contribution in [2.24, 2.45) is 0 Å². The Bertz CT molecular complexity index is 589. The largest absolute Gasteiger partial charge is 0.318 e. The van der Waals surface area contributed by atoms with Crippen LogP contribution in [0.1, 0.15) is 10.5 Å². The summed E-state index contributed by atoms with van der Waals surface area (Å²) in [7, 11) is 0. The van der Waals surface area contributed by atoms with Gasteiger partial charge in [0.15, 0.2) is 0 Å². The van der Waals surface area contributed by atoms with Crippen LogP contribution < -0.4 is 5.32 Å². The number of hydrogen-bond acceptors (Lipinski definition) is 3. The van der Waals surface area contributed by atoms with Crippen LogP contribution in [-0.2, 0) is 0 Å². The molecule has 0 atom stereocenters. The lowest BCUT2D eigenvalue weighted by molar-refractivity contribution is 0.102. The third-order valence-electron chi connectivity index (χ3n) is 2.03. The van der Waals surface area contributed by atoms with Crippen molar-refractivity contribution in [2.45, 2.75) is 0 Å². The van der Waals surface area contributed by atoms with E-state index in [9.17, 15) is 9.18 Å². The molecule has 0 bridgehead atoms. The first-order chi connectivity index (χ1) is 8.56. The minimum Gasteiger partial charge on any atom is -0.318 e. The first-order valence-corrected chi connectivity index (χ1v) is 5.56. The van der Waals surface area contributed by atoms with Crippen LogP contribution in [0.15, 0.2) is 30.6 Å². The number of nitrogens with one attached hydrogen (secondary N) is 1. The molecule has 1 N–H and O–H groups in total. The summed E-state index contributed by atoms with van der Waals surface area (Å²) >= 11 is 11.1. The number of carbonyl (C=O) groups excluding carboxylic acids is 1. The SMILES string of the molecule is O=C(Nc1ccc(Cl)cc1F)c1cnc(Cl)cn1. The Labute approximate surface area is 112 Å². The third kappa shape index (κ3) is 2.94. The maximum atomic E-state index is 13.4. The lowest BCUT2D eigenvalue weighted by atomic mass is 10.3. The molecule has 18 heavy (non-hydrogen) atoms. The predicted molar refractivity (Wildman–Crippen MR) is 66.4 cm³/mol. The second kappa shape index (κ2) is 5.29. The molecule has 0 aliphatic rings. The molecule has 0 aliphatic carbocycles. The van der Waals surface area contributed by atoms with Crippen LogP contribution in [0.4, 0.5) is 10.1 Å². The number of amides is 1. The first kappa shape index (κ1) is 12.7. The highest BCUT2D eigenvalue weighted by molar-refractivity contribution is 6.30. The van der Waals surface area contributed by atoms with Gasteiger partial charge in [0.2, 0.25) is 0 Å². The van der Waals surface area contributed by atoms with Crippen molar-refractivity contribution in [3.63, 3.8) is 0 Å². The summed E-state index contributed by atoms with van der Waals surface area (Å²) in [4.78, 5) is 19.2. The summed E-state index contributed by atoms with van der Waals surface area (Å²) in [5.41, 5.74) is 0.0508. The van der Waals surface area contributed by atoms with Gasteiger partial charge in [-0.05, 0) is 18.2 Å². The molecule has 0 fully saturated rings. The van der Waals surface area contributed by atoms with Crippen LogP contribution in [0.25, 0.3) is 0 Å². The van der Waals surface area contributed by atoms with Gasteiger partial charge in [0, 0.05) is 5.02 Å². The molecule has 0 saturated carbocycles. The lowest BCUT2D eigenvalue weighted by Gasteiger charge is -2.05. The predicted octanol–water partition coefficient (Wildman–Crippen LogP) is 3.17. The maximum absolute atomic E-state index is 13.4. The zero-order chi connectivity index (χ0) is 13.1. The van der Waals surface area contributed by atoms with Crippen molar-refractivity contribution >= 4 is 34.8 Å². The summed E-state index contributed by atoms with van der Waals surface area (Å²) in [6.45, 7) is 0. The summed E-state index contributed by atoms with van der Waals surface area (Å²) in [5.74, 6) is -1.21. The molecule has 2 rings (SSSR count). The highest BCUT2D eigenvalue weighted by Gasteiger charge is 2.11. The number of halogens is 3. The van der Waals surface area contributed by atoms with E-state index in [4.69, 9.17) is 23.2 Å². The average molecular weight is 286 g/mol. The molecule has 1 aromatic heterocycles. The fraction of sp³-hybridized carbons (Fsp3) is 0. The van der Waals surface area contributed by atoms with Gasteiger partial charge in [-0.15, -0.1) is 0 Å². The van der Waals surface area contributed by atoms with Crippen molar-refractivity contribution in [3.8, 4) is 0 Å².